The SMILES string of the molecule is CCc1ccc(C(NN)C(OC)C2CC2)cc1. The average Bonchev–Trinajstić information content (AvgIpc) is 3.20. The molecule has 17 heavy (non-hydrogen) atoms. The first-order valence-corrected chi connectivity index (χ1v) is 6.38. The highest BCUT2D eigenvalue weighted by molar-refractivity contribution is 5.26. The average molecular weight is 234 g/mol. The van der Waals surface area contributed by atoms with E-state index in [0.717, 1.165) is 6.42 Å². The van der Waals surface area contributed by atoms with Gasteiger partial charge in [-0.15, -0.1) is 0 Å². The maximum atomic E-state index is 5.69. The molecule has 0 amide bonds. The zero-order valence-electron chi connectivity index (χ0n) is 10.6. The van der Waals surface area contributed by atoms with Crippen LogP contribution >= 0.6 is 0 Å². The first-order valence-electron chi connectivity index (χ1n) is 6.38. The summed E-state index contributed by atoms with van der Waals surface area (Å²) in [5.41, 5.74) is 5.47. The number of rotatable bonds is 6. The van der Waals surface area contributed by atoms with E-state index in [1.54, 1.807) is 7.11 Å². The van der Waals surface area contributed by atoms with Gasteiger partial charge in [-0.2, -0.15) is 0 Å². The number of hydrazine groups is 1. The third-order valence-corrected chi connectivity index (χ3v) is 3.61. The van der Waals surface area contributed by atoms with Gasteiger partial charge >= 0.3 is 0 Å². The maximum absolute atomic E-state index is 5.69. The van der Waals surface area contributed by atoms with E-state index in [9.17, 15) is 0 Å². The van der Waals surface area contributed by atoms with Gasteiger partial charge in [0.2, 0.25) is 0 Å². The molecule has 3 N–H and O–H groups in total. The highest BCUT2D eigenvalue weighted by atomic mass is 16.5. The highest BCUT2D eigenvalue weighted by Gasteiger charge is 2.37. The van der Waals surface area contributed by atoms with Crippen LogP contribution in [0.2, 0.25) is 0 Å². The second kappa shape index (κ2) is 5.63. The fourth-order valence-electron chi connectivity index (χ4n) is 2.37. The minimum absolute atomic E-state index is 0.0957. The summed E-state index contributed by atoms with van der Waals surface area (Å²) in [6.07, 6.45) is 3.76. The molecule has 0 radical (unpaired) electrons. The summed E-state index contributed by atoms with van der Waals surface area (Å²) < 4.78 is 5.60. The lowest BCUT2D eigenvalue weighted by atomic mass is 9.97. The number of nitrogens with one attached hydrogen (secondary N) is 1. The zero-order chi connectivity index (χ0) is 12.3. The molecule has 94 valence electrons. The summed E-state index contributed by atoms with van der Waals surface area (Å²) in [5, 5.41) is 0. The molecule has 3 heteroatoms. The normalized spacial score (nSPS) is 19.0. The summed E-state index contributed by atoms with van der Waals surface area (Å²) in [4.78, 5) is 0. The Hall–Kier alpha value is -0.900. The number of aryl methyl sites for hydroxylation is 1. The van der Waals surface area contributed by atoms with Crippen molar-refractivity contribution in [3.8, 4) is 0 Å². The molecule has 0 bridgehead atoms. The molecule has 1 fully saturated rings. The first kappa shape index (κ1) is 12.6. The van der Waals surface area contributed by atoms with Gasteiger partial charge in [-0.05, 0) is 36.3 Å². The van der Waals surface area contributed by atoms with Crippen molar-refractivity contribution in [2.45, 2.75) is 38.3 Å². The molecule has 2 atom stereocenters. The molecule has 0 spiro atoms. The molecule has 0 aliphatic heterocycles. The lowest BCUT2D eigenvalue weighted by molar-refractivity contribution is 0.0507. The van der Waals surface area contributed by atoms with Crippen LogP contribution in [0.1, 0.15) is 36.9 Å². The van der Waals surface area contributed by atoms with E-state index in [1.165, 1.54) is 24.0 Å². The first-order chi connectivity index (χ1) is 8.30. The van der Waals surface area contributed by atoms with Crippen molar-refractivity contribution in [2.75, 3.05) is 7.11 Å². The fraction of sp³-hybridized carbons (Fsp3) is 0.571. The Balaban J connectivity index is 2.14. The van der Waals surface area contributed by atoms with E-state index in [0.29, 0.717) is 5.92 Å². The molecule has 0 heterocycles. The molecular weight excluding hydrogens is 212 g/mol. The van der Waals surface area contributed by atoms with Crippen molar-refractivity contribution in [2.24, 2.45) is 11.8 Å². The van der Waals surface area contributed by atoms with Gasteiger partial charge in [0.1, 0.15) is 0 Å². The summed E-state index contributed by atoms with van der Waals surface area (Å²) in [7, 11) is 1.77. The molecule has 0 saturated heterocycles. The van der Waals surface area contributed by atoms with Crippen molar-refractivity contribution < 1.29 is 4.74 Å². The Labute approximate surface area is 103 Å². The zero-order valence-corrected chi connectivity index (χ0v) is 10.6. The highest BCUT2D eigenvalue weighted by Crippen LogP contribution is 2.39. The predicted molar refractivity (Wildman–Crippen MR) is 69.4 cm³/mol. The van der Waals surface area contributed by atoms with Crippen LogP contribution in [-0.4, -0.2) is 13.2 Å². The van der Waals surface area contributed by atoms with E-state index in [2.05, 4.69) is 36.6 Å². The Morgan fingerprint density at radius 3 is 2.41 bits per heavy atom. The summed E-state index contributed by atoms with van der Waals surface area (Å²) in [5.74, 6) is 6.35. The maximum Gasteiger partial charge on any atom is 0.0806 e. The largest absolute Gasteiger partial charge is 0.379 e. The van der Waals surface area contributed by atoms with Gasteiger partial charge in [-0.25, -0.2) is 0 Å². The number of nitrogens with two attached hydrogens (primary N) is 1. The van der Waals surface area contributed by atoms with Crippen LogP contribution in [0.25, 0.3) is 0 Å². The molecule has 1 aromatic rings. The van der Waals surface area contributed by atoms with E-state index >= 15 is 0 Å². The van der Waals surface area contributed by atoms with Gasteiger partial charge in [0.05, 0.1) is 12.1 Å². The molecule has 2 unspecified atom stereocenters. The molecule has 1 aliphatic rings. The van der Waals surface area contributed by atoms with Crippen LogP contribution in [0.3, 0.4) is 0 Å². The van der Waals surface area contributed by atoms with Crippen LogP contribution in [0.5, 0.6) is 0 Å². The number of ether oxygens (including phenoxy) is 1. The Bertz CT molecular complexity index is 346. The minimum Gasteiger partial charge on any atom is -0.379 e. The van der Waals surface area contributed by atoms with Crippen molar-refractivity contribution >= 4 is 0 Å². The lowest BCUT2D eigenvalue weighted by Crippen LogP contribution is -2.38. The van der Waals surface area contributed by atoms with Crippen LogP contribution in [0, 0.1) is 5.92 Å². The summed E-state index contributed by atoms with van der Waals surface area (Å²) in [6, 6.07) is 8.73. The van der Waals surface area contributed by atoms with E-state index < -0.39 is 0 Å². The number of hydrogen-bond donors (Lipinski definition) is 2. The Morgan fingerprint density at radius 2 is 2.00 bits per heavy atom. The topological polar surface area (TPSA) is 47.3 Å². The number of methoxy groups -OCH3 is 1. The second-order valence-electron chi connectivity index (χ2n) is 4.78. The van der Waals surface area contributed by atoms with E-state index in [4.69, 9.17) is 10.6 Å². The standard InChI is InChI=1S/C14H22N2O/c1-3-10-4-6-11(7-5-10)13(16-15)14(17-2)12-8-9-12/h4-7,12-14,16H,3,8-9,15H2,1-2H3. The monoisotopic (exact) mass is 234 g/mol. The Kier molecular flexibility index (Phi) is 4.15. The molecule has 0 aromatic heterocycles. The van der Waals surface area contributed by atoms with E-state index in [-0.39, 0.29) is 12.1 Å². The Morgan fingerprint density at radius 1 is 1.35 bits per heavy atom. The van der Waals surface area contributed by atoms with Gasteiger partial charge in [-0.1, -0.05) is 31.2 Å². The number of benzene rings is 1. The molecule has 1 aliphatic carbocycles. The van der Waals surface area contributed by atoms with Gasteiger partial charge in [0, 0.05) is 7.11 Å². The molecule has 1 aromatic carbocycles. The minimum atomic E-state index is 0.0957. The quantitative estimate of drug-likeness (QED) is 0.586. The van der Waals surface area contributed by atoms with Crippen molar-refractivity contribution in [3.05, 3.63) is 35.4 Å². The van der Waals surface area contributed by atoms with Crippen LogP contribution in [0.4, 0.5) is 0 Å². The smallest absolute Gasteiger partial charge is 0.0806 e. The van der Waals surface area contributed by atoms with Crippen molar-refractivity contribution in [3.63, 3.8) is 0 Å². The van der Waals surface area contributed by atoms with Gasteiger partial charge in [0.25, 0.3) is 0 Å². The number of hydrogen-bond acceptors (Lipinski definition) is 3. The van der Waals surface area contributed by atoms with Gasteiger partial charge in [0.15, 0.2) is 0 Å². The van der Waals surface area contributed by atoms with Gasteiger partial charge in [-0.3, -0.25) is 11.3 Å². The summed E-state index contributed by atoms with van der Waals surface area (Å²) >= 11 is 0. The molecule has 3 nitrogen and oxygen atoms in total. The summed E-state index contributed by atoms with van der Waals surface area (Å²) in [6.45, 7) is 2.16. The molecular formula is C14H22N2O. The van der Waals surface area contributed by atoms with Crippen LogP contribution in [0.15, 0.2) is 24.3 Å². The predicted octanol–water partition coefficient (Wildman–Crippen LogP) is 2.18. The second-order valence-corrected chi connectivity index (χ2v) is 4.78. The third kappa shape index (κ3) is 2.86. The molecule has 2 rings (SSSR count). The van der Waals surface area contributed by atoms with E-state index in [1.807, 2.05) is 0 Å². The molecule has 1 saturated carbocycles. The van der Waals surface area contributed by atoms with Crippen molar-refractivity contribution in [1.82, 2.24) is 5.43 Å². The van der Waals surface area contributed by atoms with Crippen molar-refractivity contribution in [1.29, 1.82) is 0 Å². The lowest BCUT2D eigenvalue weighted by Gasteiger charge is -2.26. The van der Waals surface area contributed by atoms with Crippen LogP contribution < -0.4 is 11.3 Å². The van der Waals surface area contributed by atoms with Crippen LogP contribution in [-0.2, 0) is 11.2 Å². The van der Waals surface area contributed by atoms with Gasteiger partial charge < -0.3 is 4.74 Å². The fourth-order valence-corrected chi connectivity index (χ4v) is 2.37. The third-order valence-electron chi connectivity index (χ3n) is 3.61.